The quantitative estimate of drug-likeness (QED) is 0.572. The van der Waals surface area contributed by atoms with E-state index in [4.69, 9.17) is 10.00 Å². The molecule has 23 heavy (non-hydrogen) atoms. The Morgan fingerprint density at radius 1 is 1.39 bits per heavy atom. The number of nitriles is 1. The molecule has 3 nitrogen and oxygen atoms in total. The zero-order valence-corrected chi connectivity index (χ0v) is 15.2. The summed E-state index contributed by atoms with van der Waals surface area (Å²) in [6.45, 7) is 17.4. The number of allylic oxidation sites excluding steroid dienone is 5. The third kappa shape index (κ3) is 6.30. The molecule has 0 saturated heterocycles. The van der Waals surface area contributed by atoms with Gasteiger partial charge in [0.25, 0.3) is 0 Å². The molecule has 0 radical (unpaired) electrons. The Hall–Kier alpha value is -2.05. The van der Waals surface area contributed by atoms with Crippen molar-refractivity contribution in [2.75, 3.05) is 20.2 Å². The lowest BCUT2D eigenvalue weighted by molar-refractivity contribution is 0.175. The van der Waals surface area contributed by atoms with Gasteiger partial charge < -0.3 is 10.1 Å². The van der Waals surface area contributed by atoms with Crippen molar-refractivity contribution in [2.45, 2.75) is 34.1 Å². The van der Waals surface area contributed by atoms with Gasteiger partial charge in [0, 0.05) is 23.6 Å². The van der Waals surface area contributed by atoms with Gasteiger partial charge in [-0.05, 0) is 44.5 Å². The van der Waals surface area contributed by atoms with Crippen LogP contribution in [-0.4, -0.2) is 20.2 Å². The van der Waals surface area contributed by atoms with E-state index in [2.05, 4.69) is 24.5 Å². The van der Waals surface area contributed by atoms with Crippen LogP contribution in [0.2, 0.25) is 0 Å². The van der Waals surface area contributed by atoms with E-state index in [0.717, 1.165) is 35.4 Å². The van der Waals surface area contributed by atoms with E-state index < -0.39 is 0 Å². The van der Waals surface area contributed by atoms with E-state index in [1.54, 1.807) is 13.0 Å². The molecular formula is C20H30N2O. The zero-order chi connectivity index (χ0) is 17.8. The zero-order valence-electron chi connectivity index (χ0n) is 15.2. The van der Waals surface area contributed by atoms with Gasteiger partial charge in [-0.15, -0.1) is 0 Å². The van der Waals surface area contributed by atoms with Crippen molar-refractivity contribution in [1.29, 1.82) is 5.26 Å². The van der Waals surface area contributed by atoms with E-state index in [1.165, 1.54) is 0 Å². The smallest absolute Gasteiger partial charge is 0.129 e. The molecule has 0 aromatic carbocycles. The van der Waals surface area contributed by atoms with Crippen molar-refractivity contribution in [2.24, 2.45) is 5.92 Å². The van der Waals surface area contributed by atoms with Gasteiger partial charge in [-0.3, -0.25) is 0 Å². The molecule has 1 aliphatic rings. The van der Waals surface area contributed by atoms with Crippen molar-refractivity contribution >= 4 is 0 Å². The van der Waals surface area contributed by atoms with E-state index in [-0.39, 0.29) is 0 Å². The number of nitrogens with zero attached hydrogens (tertiary/aromatic N) is 1. The molecule has 126 valence electrons. The molecule has 0 bridgehead atoms. The lowest BCUT2D eigenvalue weighted by Gasteiger charge is -2.28. The highest BCUT2D eigenvalue weighted by Gasteiger charge is 2.23. The Morgan fingerprint density at radius 2 is 2.04 bits per heavy atom. The summed E-state index contributed by atoms with van der Waals surface area (Å²) in [5, 5.41) is 12.0. The monoisotopic (exact) mass is 314 g/mol. The van der Waals surface area contributed by atoms with E-state index in [9.17, 15) is 0 Å². The van der Waals surface area contributed by atoms with Gasteiger partial charge >= 0.3 is 0 Å². The Balaban J connectivity index is 0.00000232. The SMILES string of the molecule is C=CC1=C(C(=C)/C(C)=C/C=C(\C)C#N)OCCC1CNC.CC. The molecule has 0 aromatic rings. The minimum Gasteiger partial charge on any atom is -0.493 e. The second kappa shape index (κ2) is 11.5. The topological polar surface area (TPSA) is 45.0 Å². The summed E-state index contributed by atoms with van der Waals surface area (Å²) in [7, 11) is 1.95. The molecule has 1 unspecified atom stereocenters. The van der Waals surface area contributed by atoms with Crippen LogP contribution in [0.1, 0.15) is 34.1 Å². The Bertz CT molecular complexity index is 544. The van der Waals surface area contributed by atoms with Crippen LogP contribution in [0.25, 0.3) is 0 Å². The van der Waals surface area contributed by atoms with E-state index >= 15 is 0 Å². The number of hydrogen-bond acceptors (Lipinski definition) is 3. The highest BCUT2D eigenvalue weighted by Crippen LogP contribution is 2.32. The van der Waals surface area contributed by atoms with Crippen LogP contribution in [0.5, 0.6) is 0 Å². The summed E-state index contributed by atoms with van der Waals surface area (Å²) in [6, 6.07) is 2.10. The second-order valence-electron chi connectivity index (χ2n) is 5.17. The molecule has 0 amide bonds. The van der Waals surface area contributed by atoms with Crippen LogP contribution >= 0.6 is 0 Å². The predicted molar refractivity (Wildman–Crippen MR) is 98.8 cm³/mol. The highest BCUT2D eigenvalue weighted by atomic mass is 16.5. The van der Waals surface area contributed by atoms with Crippen LogP contribution < -0.4 is 5.32 Å². The molecule has 1 atom stereocenters. The maximum absolute atomic E-state index is 8.78. The first-order valence-electron chi connectivity index (χ1n) is 8.14. The van der Waals surface area contributed by atoms with Gasteiger partial charge in [0.15, 0.2) is 0 Å². The number of ether oxygens (including phenoxy) is 1. The lowest BCUT2D eigenvalue weighted by atomic mass is 9.89. The molecule has 0 saturated carbocycles. The molecule has 1 N–H and O–H groups in total. The number of rotatable bonds is 6. The fourth-order valence-electron chi connectivity index (χ4n) is 2.27. The van der Waals surface area contributed by atoms with Crippen LogP contribution in [0, 0.1) is 17.2 Å². The van der Waals surface area contributed by atoms with Crippen LogP contribution in [0.4, 0.5) is 0 Å². The average molecular weight is 314 g/mol. The van der Waals surface area contributed by atoms with Gasteiger partial charge in [-0.25, -0.2) is 0 Å². The van der Waals surface area contributed by atoms with Crippen molar-refractivity contribution in [3.05, 3.63) is 59.4 Å². The van der Waals surface area contributed by atoms with Gasteiger partial charge in [0.1, 0.15) is 5.76 Å². The number of hydrogen-bond donors (Lipinski definition) is 1. The largest absolute Gasteiger partial charge is 0.493 e. The summed E-state index contributed by atoms with van der Waals surface area (Å²) in [5.74, 6) is 1.23. The molecule has 0 aliphatic carbocycles. The van der Waals surface area contributed by atoms with Crippen molar-refractivity contribution < 1.29 is 4.74 Å². The maximum Gasteiger partial charge on any atom is 0.129 e. The summed E-state index contributed by atoms with van der Waals surface area (Å²) >= 11 is 0. The number of nitrogens with one attached hydrogen (secondary N) is 1. The second-order valence-corrected chi connectivity index (χ2v) is 5.17. The average Bonchev–Trinajstić information content (AvgIpc) is 2.60. The minimum atomic E-state index is 0.400. The molecule has 3 heteroatoms. The molecule has 1 aliphatic heterocycles. The Morgan fingerprint density at radius 3 is 2.57 bits per heavy atom. The van der Waals surface area contributed by atoms with Crippen molar-refractivity contribution in [1.82, 2.24) is 5.32 Å². The molecule has 0 spiro atoms. The summed E-state index contributed by atoms with van der Waals surface area (Å²) in [4.78, 5) is 0. The van der Waals surface area contributed by atoms with Gasteiger partial charge in [-0.2, -0.15) is 5.26 Å². The van der Waals surface area contributed by atoms with Crippen LogP contribution in [0.15, 0.2) is 59.4 Å². The molecule has 0 fully saturated rings. The first kappa shape index (κ1) is 20.9. The Kier molecular flexibility index (Phi) is 10.5. The summed E-state index contributed by atoms with van der Waals surface area (Å²) in [5.41, 5.74) is 3.61. The van der Waals surface area contributed by atoms with Crippen molar-refractivity contribution in [3.63, 3.8) is 0 Å². The third-order valence-electron chi connectivity index (χ3n) is 3.59. The molecule has 1 rings (SSSR count). The first-order valence-corrected chi connectivity index (χ1v) is 8.14. The van der Waals surface area contributed by atoms with E-state index in [1.807, 2.05) is 40.0 Å². The Labute approximate surface area is 141 Å². The van der Waals surface area contributed by atoms with Gasteiger partial charge in [0.2, 0.25) is 0 Å². The summed E-state index contributed by atoms with van der Waals surface area (Å²) in [6.07, 6.45) is 6.54. The van der Waals surface area contributed by atoms with Gasteiger partial charge in [0.05, 0.1) is 12.7 Å². The third-order valence-corrected chi connectivity index (χ3v) is 3.59. The van der Waals surface area contributed by atoms with Crippen LogP contribution in [-0.2, 0) is 4.74 Å². The fourth-order valence-corrected chi connectivity index (χ4v) is 2.27. The fraction of sp³-hybridized carbons (Fsp3) is 0.450. The van der Waals surface area contributed by atoms with Gasteiger partial charge in [-0.1, -0.05) is 39.2 Å². The normalized spacial score (nSPS) is 18.3. The minimum absolute atomic E-state index is 0.400. The summed E-state index contributed by atoms with van der Waals surface area (Å²) < 4.78 is 5.83. The predicted octanol–water partition coefficient (Wildman–Crippen LogP) is 4.68. The molecular weight excluding hydrogens is 284 g/mol. The van der Waals surface area contributed by atoms with E-state index in [0.29, 0.717) is 18.1 Å². The van der Waals surface area contributed by atoms with Crippen LogP contribution in [0.3, 0.4) is 0 Å². The maximum atomic E-state index is 8.78. The molecule has 0 aromatic heterocycles. The highest BCUT2D eigenvalue weighted by molar-refractivity contribution is 5.48. The first-order chi connectivity index (χ1) is 11.0. The molecule has 1 heterocycles. The van der Waals surface area contributed by atoms with Crippen molar-refractivity contribution in [3.8, 4) is 6.07 Å². The lowest BCUT2D eigenvalue weighted by Crippen LogP contribution is -2.26. The standard InChI is InChI=1S/C18H24N2O.C2H6/c1-6-17-16(12-20-5)9-10-21-18(17)15(4)14(3)8-7-13(2)11-19;1-2/h6-8,16,20H,1,4,9-10,12H2,2-3,5H3;1-2H3/b13-7+,14-8+;.